The van der Waals surface area contributed by atoms with E-state index in [1.807, 2.05) is 6.92 Å². The van der Waals surface area contributed by atoms with E-state index < -0.39 is 10.0 Å². The van der Waals surface area contributed by atoms with Crippen LogP contribution in [0.1, 0.15) is 52.9 Å². The quantitative estimate of drug-likeness (QED) is 0.547. The fourth-order valence-electron chi connectivity index (χ4n) is 2.52. The second kappa shape index (κ2) is 11.0. The number of anilines is 2. The topological polar surface area (TPSA) is 87.3 Å². The largest absolute Gasteiger partial charge is 0.338 e. The summed E-state index contributed by atoms with van der Waals surface area (Å²) >= 11 is 0. The van der Waals surface area contributed by atoms with Crippen molar-refractivity contribution in [2.45, 2.75) is 52.9 Å². The highest BCUT2D eigenvalue weighted by molar-refractivity contribution is 7.92. The normalized spacial score (nSPS) is 12.4. The van der Waals surface area contributed by atoms with E-state index >= 15 is 0 Å². The summed E-state index contributed by atoms with van der Waals surface area (Å²) in [5, 5.41) is 5.64. The van der Waals surface area contributed by atoms with Gasteiger partial charge in [-0.25, -0.2) is 13.2 Å². The number of amides is 2. The van der Waals surface area contributed by atoms with Gasteiger partial charge in [0.15, 0.2) is 0 Å². The Balaban J connectivity index is 2.56. The summed E-state index contributed by atoms with van der Waals surface area (Å²) in [7, 11) is -3.34. The van der Waals surface area contributed by atoms with Crippen molar-refractivity contribution in [1.82, 2.24) is 5.32 Å². The molecule has 0 fully saturated rings. The lowest BCUT2D eigenvalue weighted by molar-refractivity contribution is 0.249. The van der Waals surface area contributed by atoms with Gasteiger partial charge in [-0.15, -0.1) is 0 Å². The highest BCUT2D eigenvalue weighted by Gasteiger charge is 2.11. The minimum absolute atomic E-state index is 0.0707. The second-order valence-corrected chi connectivity index (χ2v) is 8.10. The maximum atomic E-state index is 12.0. The third-order valence-electron chi connectivity index (χ3n) is 3.96. The number of hydrogen-bond acceptors (Lipinski definition) is 3. The fraction of sp³-hybridized carbons (Fsp3) is 0.611. The van der Waals surface area contributed by atoms with Gasteiger partial charge in [0.2, 0.25) is 10.0 Å². The first-order valence-corrected chi connectivity index (χ1v) is 10.7. The van der Waals surface area contributed by atoms with E-state index in [2.05, 4.69) is 29.2 Å². The Bertz CT molecular complexity index is 632. The zero-order valence-electron chi connectivity index (χ0n) is 15.5. The van der Waals surface area contributed by atoms with Crippen LogP contribution in [0.5, 0.6) is 0 Å². The molecule has 0 bridgehead atoms. The SMILES string of the molecule is CCCCC(CC)CNC(=O)Nc1cccc(NS(=O)(=O)CCC)c1. The van der Waals surface area contributed by atoms with Gasteiger partial charge in [0.1, 0.15) is 0 Å². The molecule has 1 unspecified atom stereocenters. The van der Waals surface area contributed by atoms with Gasteiger partial charge < -0.3 is 10.6 Å². The standard InChI is InChI=1S/C18H31N3O3S/c1-4-7-9-15(6-3)14-19-18(22)20-16-10-8-11-17(13-16)21-25(23,24)12-5-2/h8,10-11,13,15,21H,4-7,9,12,14H2,1-3H3,(H2,19,20,22). The number of unbranched alkanes of at least 4 members (excludes halogenated alkanes) is 1. The molecule has 7 heteroatoms. The van der Waals surface area contributed by atoms with Gasteiger partial charge in [-0.1, -0.05) is 46.1 Å². The Labute approximate surface area is 151 Å². The molecule has 6 nitrogen and oxygen atoms in total. The van der Waals surface area contributed by atoms with E-state index in [4.69, 9.17) is 0 Å². The van der Waals surface area contributed by atoms with Gasteiger partial charge in [-0.2, -0.15) is 0 Å². The van der Waals surface area contributed by atoms with Crippen LogP contribution in [0.2, 0.25) is 0 Å². The molecule has 0 aliphatic rings. The van der Waals surface area contributed by atoms with Crippen LogP contribution in [0.4, 0.5) is 16.2 Å². The van der Waals surface area contributed by atoms with Crippen LogP contribution in [-0.4, -0.2) is 26.7 Å². The van der Waals surface area contributed by atoms with Gasteiger partial charge in [-0.05, 0) is 37.0 Å². The molecule has 1 aromatic rings. The first-order valence-electron chi connectivity index (χ1n) is 9.05. The molecule has 1 atom stereocenters. The summed E-state index contributed by atoms with van der Waals surface area (Å²) < 4.78 is 26.2. The Morgan fingerprint density at radius 2 is 1.84 bits per heavy atom. The minimum Gasteiger partial charge on any atom is -0.338 e. The molecule has 0 saturated heterocycles. The number of benzene rings is 1. The average Bonchev–Trinajstić information content (AvgIpc) is 2.54. The molecule has 25 heavy (non-hydrogen) atoms. The number of carbonyl (C=O) groups is 1. The van der Waals surface area contributed by atoms with E-state index in [0.29, 0.717) is 30.3 Å². The van der Waals surface area contributed by atoms with E-state index in [-0.39, 0.29) is 11.8 Å². The summed E-state index contributed by atoms with van der Waals surface area (Å²) in [6.07, 6.45) is 5.02. The lowest BCUT2D eigenvalue weighted by Crippen LogP contribution is -2.33. The molecular weight excluding hydrogens is 338 g/mol. The van der Waals surface area contributed by atoms with Crippen LogP contribution in [0.25, 0.3) is 0 Å². The molecule has 0 saturated carbocycles. The Morgan fingerprint density at radius 3 is 2.48 bits per heavy atom. The predicted molar refractivity (Wildman–Crippen MR) is 104 cm³/mol. The molecule has 0 aliphatic carbocycles. The summed E-state index contributed by atoms with van der Waals surface area (Å²) in [5.74, 6) is 0.555. The first-order chi connectivity index (χ1) is 11.9. The van der Waals surface area contributed by atoms with Gasteiger partial charge in [0.05, 0.1) is 11.4 Å². The molecule has 0 spiro atoms. The van der Waals surface area contributed by atoms with E-state index in [9.17, 15) is 13.2 Å². The molecule has 0 aromatic heterocycles. The van der Waals surface area contributed by atoms with Crippen molar-refractivity contribution < 1.29 is 13.2 Å². The monoisotopic (exact) mass is 369 g/mol. The van der Waals surface area contributed by atoms with Gasteiger partial charge >= 0.3 is 6.03 Å². The zero-order chi connectivity index (χ0) is 18.7. The van der Waals surface area contributed by atoms with Crippen molar-refractivity contribution in [3.63, 3.8) is 0 Å². The summed E-state index contributed by atoms with van der Waals surface area (Å²) in [5.41, 5.74) is 0.997. The van der Waals surface area contributed by atoms with Crippen LogP contribution in [0.3, 0.4) is 0 Å². The van der Waals surface area contributed by atoms with Crippen molar-refractivity contribution in [1.29, 1.82) is 0 Å². The third kappa shape index (κ3) is 8.77. The summed E-state index contributed by atoms with van der Waals surface area (Å²) in [4.78, 5) is 12.0. The molecular formula is C18H31N3O3S. The molecule has 142 valence electrons. The maximum absolute atomic E-state index is 12.0. The number of rotatable bonds is 11. The van der Waals surface area contributed by atoms with Crippen LogP contribution in [0.15, 0.2) is 24.3 Å². The average molecular weight is 370 g/mol. The van der Waals surface area contributed by atoms with Crippen LogP contribution >= 0.6 is 0 Å². The van der Waals surface area contributed by atoms with E-state index in [0.717, 1.165) is 19.3 Å². The number of carbonyl (C=O) groups excluding carboxylic acids is 1. The highest BCUT2D eigenvalue weighted by atomic mass is 32.2. The summed E-state index contributed by atoms with van der Waals surface area (Å²) in [6.45, 7) is 6.75. The number of urea groups is 1. The Kier molecular flexibility index (Phi) is 9.34. The van der Waals surface area contributed by atoms with Crippen LogP contribution < -0.4 is 15.4 Å². The van der Waals surface area contributed by atoms with Crippen LogP contribution in [-0.2, 0) is 10.0 Å². The molecule has 0 aliphatic heterocycles. The van der Waals surface area contributed by atoms with Gasteiger partial charge in [0, 0.05) is 12.2 Å². The van der Waals surface area contributed by atoms with Crippen molar-refractivity contribution in [2.24, 2.45) is 5.92 Å². The lowest BCUT2D eigenvalue weighted by Gasteiger charge is -2.16. The summed E-state index contributed by atoms with van der Waals surface area (Å²) in [6, 6.07) is 6.43. The van der Waals surface area contributed by atoms with E-state index in [1.165, 1.54) is 6.42 Å². The van der Waals surface area contributed by atoms with Crippen molar-refractivity contribution >= 4 is 27.4 Å². The fourth-order valence-corrected chi connectivity index (χ4v) is 3.64. The second-order valence-electron chi connectivity index (χ2n) is 6.25. The van der Waals surface area contributed by atoms with Crippen molar-refractivity contribution in [2.75, 3.05) is 22.3 Å². The maximum Gasteiger partial charge on any atom is 0.319 e. The predicted octanol–water partition coefficient (Wildman–Crippen LogP) is 4.18. The van der Waals surface area contributed by atoms with Crippen LogP contribution in [0, 0.1) is 5.92 Å². The van der Waals surface area contributed by atoms with Crippen molar-refractivity contribution in [3.05, 3.63) is 24.3 Å². The lowest BCUT2D eigenvalue weighted by atomic mass is 9.99. The first kappa shape index (κ1) is 21.3. The number of sulfonamides is 1. The van der Waals surface area contributed by atoms with Crippen molar-refractivity contribution in [3.8, 4) is 0 Å². The zero-order valence-corrected chi connectivity index (χ0v) is 16.3. The molecule has 1 rings (SSSR count). The Morgan fingerprint density at radius 1 is 1.12 bits per heavy atom. The third-order valence-corrected chi connectivity index (χ3v) is 5.45. The van der Waals surface area contributed by atoms with Gasteiger partial charge in [-0.3, -0.25) is 4.72 Å². The molecule has 0 heterocycles. The number of nitrogens with one attached hydrogen (secondary N) is 3. The Hall–Kier alpha value is -1.76. The van der Waals surface area contributed by atoms with E-state index in [1.54, 1.807) is 24.3 Å². The van der Waals surface area contributed by atoms with Gasteiger partial charge in [0.25, 0.3) is 0 Å². The number of hydrogen-bond donors (Lipinski definition) is 3. The minimum atomic E-state index is -3.34. The molecule has 1 aromatic carbocycles. The smallest absolute Gasteiger partial charge is 0.319 e. The molecule has 2 amide bonds. The highest BCUT2D eigenvalue weighted by Crippen LogP contribution is 2.17. The molecule has 0 radical (unpaired) electrons. The molecule has 3 N–H and O–H groups in total.